The summed E-state index contributed by atoms with van der Waals surface area (Å²) in [7, 11) is -3.36. The molecule has 94 valence electrons. The Morgan fingerprint density at radius 1 is 0.944 bits per heavy atom. The SMILES string of the molecule is CS(=O)(=O)N(c1ccccc1)c1cccc(I)c1. The first-order chi connectivity index (χ1) is 8.48. The van der Waals surface area contributed by atoms with Crippen LogP contribution in [0.15, 0.2) is 54.6 Å². The van der Waals surface area contributed by atoms with Gasteiger partial charge in [0.2, 0.25) is 10.0 Å². The molecule has 0 fully saturated rings. The van der Waals surface area contributed by atoms with Gasteiger partial charge in [0.15, 0.2) is 0 Å². The summed E-state index contributed by atoms with van der Waals surface area (Å²) in [5.74, 6) is 0. The zero-order valence-electron chi connectivity index (χ0n) is 9.75. The summed E-state index contributed by atoms with van der Waals surface area (Å²) in [5, 5.41) is 0. The summed E-state index contributed by atoms with van der Waals surface area (Å²) in [6, 6.07) is 16.5. The Bertz CT molecular complexity index is 641. The highest BCUT2D eigenvalue weighted by atomic mass is 127. The molecule has 3 nitrogen and oxygen atoms in total. The molecule has 0 aliphatic heterocycles. The molecule has 18 heavy (non-hydrogen) atoms. The molecular formula is C13H12INO2S. The van der Waals surface area contributed by atoms with Crippen molar-refractivity contribution in [1.29, 1.82) is 0 Å². The van der Waals surface area contributed by atoms with E-state index in [4.69, 9.17) is 0 Å². The van der Waals surface area contributed by atoms with Crippen LogP contribution in [0.1, 0.15) is 0 Å². The molecule has 0 spiro atoms. The fraction of sp³-hybridized carbons (Fsp3) is 0.0769. The van der Waals surface area contributed by atoms with E-state index in [0.717, 1.165) is 3.57 Å². The lowest BCUT2D eigenvalue weighted by Crippen LogP contribution is -2.24. The van der Waals surface area contributed by atoms with Crippen LogP contribution in [0, 0.1) is 3.57 Å². The molecule has 0 aliphatic rings. The lowest BCUT2D eigenvalue weighted by Gasteiger charge is -2.22. The first kappa shape index (κ1) is 13.4. The molecule has 2 aromatic rings. The van der Waals surface area contributed by atoms with E-state index in [2.05, 4.69) is 22.6 Å². The van der Waals surface area contributed by atoms with Crippen LogP contribution in [0.5, 0.6) is 0 Å². The summed E-state index contributed by atoms with van der Waals surface area (Å²) >= 11 is 2.16. The van der Waals surface area contributed by atoms with E-state index in [0.29, 0.717) is 11.4 Å². The van der Waals surface area contributed by atoms with Gasteiger partial charge in [-0.1, -0.05) is 24.3 Å². The van der Waals surface area contributed by atoms with Crippen molar-refractivity contribution in [3.63, 3.8) is 0 Å². The van der Waals surface area contributed by atoms with Gasteiger partial charge < -0.3 is 0 Å². The molecule has 0 radical (unpaired) electrons. The molecule has 0 heterocycles. The van der Waals surface area contributed by atoms with E-state index in [1.54, 1.807) is 18.2 Å². The highest BCUT2D eigenvalue weighted by Gasteiger charge is 2.19. The molecule has 0 atom stereocenters. The van der Waals surface area contributed by atoms with E-state index in [1.165, 1.54) is 10.6 Å². The summed E-state index contributed by atoms with van der Waals surface area (Å²) in [4.78, 5) is 0. The number of hydrogen-bond acceptors (Lipinski definition) is 2. The van der Waals surface area contributed by atoms with Crippen molar-refractivity contribution in [2.75, 3.05) is 10.6 Å². The fourth-order valence-electron chi connectivity index (χ4n) is 1.70. The zero-order chi connectivity index (χ0) is 13.2. The van der Waals surface area contributed by atoms with Gasteiger partial charge in [-0.05, 0) is 52.9 Å². The second-order valence-corrected chi connectivity index (χ2v) is 6.92. The third kappa shape index (κ3) is 3.02. The van der Waals surface area contributed by atoms with Crippen LogP contribution in [0.2, 0.25) is 0 Å². The molecular weight excluding hydrogens is 361 g/mol. The molecule has 2 aromatic carbocycles. The number of hydrogen-bond donors (Lipinski definition) is 0. The lowest BCUT2D eigenvalue weighted by atomic mass is 10.3. The van der Waals surface area contributed by atoms with Gasteiger partial charge in [-0.3, -0.25) is 0 Å². The Kier molecular flexibility index (Phi) is 3.91. The highest BCUT2D eigenvalue weighted by Crippen LogP contribution is 2.28. The van der Waals surface area contributed by atoms with Crippen LogP contribution in [0.3, 0.4) is 0 Å². The molecule has 0 bridgehead atoms. The van der Waals surface area contributed by atoms with E-state index in [-0.39, 0.29) is 0 Å². The van der Waals surface area contributed by atoms with Crippen molar-refractivity contribution >= 4 is 44.0 Å². The molecule has 0 amide bonds. The van der Waals surface area contributed by atoms with Gasteiger partial charge >= 0.3 is 0 Å². The molecule has 5 heteroatoms. The molecule has 0 saturated carbocycles. The van der Waals surface area contributed by atoms with Gasteiger partial charge in [0.25, 0.3) is 0 Å². The molecule has 0 aliphatic carbocycles. The minimum absolute atomic E-state index is 0.641. The predicted octanol–water partition coefficient (Wildman–Crippen LogP) is 3.39. The van der Waals surface area contributed by atoms with Crippen molar-refractivity contribution in [2.45, 2.75) is 0 Å². The van der Waals surface area contributed by atoms with E-state index >= 15 is 0 Å². The van der Waals surface area contributed by atoms with E-state index in [9.17, 15) is 8.42 Å². The van der Waals surface area contributed by atoms with Gasteiger partial charge in [-0.15, -0.1) is 0 Å². The minimum Gasteiger partial charge on any atom is -0.239 e. The first-order valence-electron chi connectivity index (χ1n) is 5.29. The monoisotopic (exact) mass is 373 g/mol. The number of nitrogens with zero attached hydrogens (tertiary/aromatic N) is 1. The number of anilines is 2. The van der Waals surface area contributed by atoms with Crippen LogP contribution in [-0.2, 0) is 10.0 Å². The fourth-order valence-corrected chi connectivity index (χ4v) is 3.23. The van der Waals surface area contributed by atoms with Gasteiger partial charge in [-0.2, -0.15) is 0 Å². The Morgan fingerprint density at radius 3 is 2.11 bits per heavy atom. The number of halogens is 1. The first-order valence-corrected chi connectivity index (χ1v) is 8.22. The van der Waals surface area contributed by atoms with Crippen LogP contribution in [0.25, 0.3) is 0 Å². The summed E-state index contributed by atoms with van der Waals surface area (Å²) in [5.41, 5.74) is 1.29. The summed E-state index contributed by atoms with van der Waals surface area (Å²) < 4.78 is 26.3. The zero-order valence-corrected chi connectivity index (χ0v) is 12.7. The Balaban J connectivity index is 2.58. The van der Waals surface area contributed by atoms with E-state index in [1.807, 2.05) is 36.4 Å². The van der Waals surface area contributed by atoms with Crippen molar-refractivity contribution in [3.8, 4) is 0 Å². The maximum Gasteiger partial charge on any atom is 0.236 e. The van der Waals surface area contributed by atoms with Crippen LogP contribution < -0.4 is 4.31 Å². The number of rotatable bonds is 3. The molecule has 0 unspecified atom stereocenters. The number of benzene rings is 2. The molecule has 2 rings (SSSR count). The number of para-hydroxylation sites is 1. The van der Waals surface area contributed by atoms with E-state index < -0.39 is 10.0 Å². The van der Waals surface area contributed by atoms with Crippen LogP contribution in [0.4, 0.5) is 11.4 Å². The topological polar surface area (TPSA) is 37.4 Å². The van der Waals surface area contributed by atoms with Crippen molar-refractivity contribution in [2.24, 2.45) is 0 Å². The molecule has 0 N–H and O–H groups in total. The maximum absolute atomic E-state index is 12.0. The summed E-state index contributed by atoms with van der Waals surface area (Å²) in [6.45, 7) is 0. The van der Waals surface area contributed by atoms with Gasteiger partial charge in [0, 0.05) is 3.57 Å². The number of sulfonamides is 1. The van der Waals surface area contributed by atoms with Crippen molar-refractivity contribution in [1.82, 2.24) is 0 Å². The second-order valence-electron chi connectivity index (χ2n) is 3.84. The van der Waals surface area contributed by atoms with Crippen LogP contribution >= 0.6 is 22.6 Å². The molecule has 0 aromatic heterocycles. The van der Waals surface area contributed by atoms with Crippen LogP contribution in [-0.4, -0.2) is 14.7 Å². The Labute approximate surface area is 121 Å². The Morgan fingerprint density at radius 2 is 1.56 bits per heavy atom. The smallest absolute Gasteiger partial charge is 0.236 e. The highest BCUT2D eigenvalue weighted by molar-refractivity contribution is 14.1. The average Bonchev–Trinajstić information content (AvgIpc) is 2.28. The largest absolute Gasteiger partial charge is 0.239 e. The third-order valence-electron chi connectivity index (χ3n) is 2.37. The average molecular weight is 373 g/mol. The standard InChI is InChI=1S/C13H12INO2S/c1-18(16,17)15(12-7-3-2-4-8-12)13-9-5-6-11(14)10-13/h2-10H,1H3. The maximum atomic E-state index is 12.0. The second kappa shape index (κ2) is 5.27. The quantitative estimate of drug-likeness (QED) is 0.774. The Hall–Kier alpha value is -1.08. The van der Waals surface area contributed by atoms with Gasteiger partial charge in [0.1, 0.15) is 0 Å². The summed E-state index contributed by atoms with van der Waals surface area (Å²) in [6.07, 6.45) is 1.21. The normalized spacial score (nSPS) is 11.2. The third-order valence-corrected chi connectivity index (χ3v) is 4.12. The van der Waals surface area contributed by atoms with Gasteiger partial charge in [-0.25, -0.2) is 12.7 Å². The minimum atomic E-state index is -3.36. The van der Waals surface area contributed by atoms with Crippen molar-refractivity contribution < 1.29 is 8.42 Å². The lowest BCUT2D eigenvalue weighted by molar-refractivity contribution is 0.602. The van der Waals surface area contributed by atoms with Crippen molar-refractivity contribution in [3.05, 3.63) is 58.2 Å². The van der Waals surface area contributed by atoms with Gasteiger partial charge in [0.05, 0.1) is 17.6 Å². The molecule has 0 saturated heterocycles. The predicted molar refractivity (Wildman–Crippen MR) is 82.6 cm³/mol.